The van der Waals surface area contributed by atoms with E-state index in [2.05, 4.69) is 29.0 Å². The molecule has 1 saturated heterocycles. The van der Waals surface area contributed by atoms with Gasteiger partial charge in [-0.3, -0.25) is 0 Å². The van der Waals surface area contributed by atoms with E-state index in [1.807, 2.05) is 30.3 Å². The zero-order valence-corrected chi connectivity index (χ0v) is 18.7. The molecule has 0 spiro atoms. The molecule has 2 atom stereocenters. The summed E-state index contributed by atoms with van der Waals surface area (Å²) in [5.41, 5.74) is 1.59. The first-order valence-electron chi connectivity index (χ1n) is 11.1. The maximum Gasteiger partial charge on any atom is 0.126 e. The number of piperazine rings is 1. The SMILES string of the molecule is CN1CCN(CC2CCCC(=Cc3ccco3)CC2(O)Cc2cccc(Cl)c2)CC1. The van der Waals surface area contributed by atoms with Crippen molar-refractivity contribution in [2.24, 2.45) is 5.92 Å². The molecule has 1 aromatic carbocycles. The van der Waals surface area contributed by atoms with Crippen molar-refractivity contribution < 1.29 is 9.52 Å². The lowest BCUT2D eigenvalue weighted by atomic mass is 9.77. The van der Waals surface area contributed by atoms with Gasteiger partial charge < -0.3 is 19.3 Å². The molecule has 2 aliphatic rings. The molecular weight excluding hydrogens is 396 g/mol. The van der Waals surface area contributed by atoms with Gasteiger partial charge in [-0.25, -0.2) is 0 Å². The number of rotatable bonds is 5. The first-order valence-corrected chi connectivity index (χ1v) is 11.5. The predicted molar refractivity (Wildman–Crippen MR) is 123 cm³/mol. The molecule has 4 rings (SSSR count). The zero-order chi connectivity index (χ0) is 21.0. The molecule has 1 N–H and O–H groups in total. The number of benzene rings is 1. The number of furan rings is 1. The Kier molecular flexibility index (Phi) is 6.99. The normalized spacial score (nSPS) is 28.0. The summed E-state index contributed by atoms with van der Waals surface area (Å²) in [6.45, 7) is 5.32. The fourth-order valence-electron chi connectivity index (χ4n) is 4.98. The standard InChI is InChI=1S/C25H33ClN2O2/c1-27-10-12-28(13-11-27)19-22-7-2-5-21(16-24-9-4-14-30-24)18-25(22,29)17-20-6-3-8-23(26)15-20/h3-4,6,8-9,14-16,22,29H,2,5,7,10-13,17-19H2,1H3. The maximum absolute atomic E-state index is 12.1. The van der Waals surface area contributed by atoms with Gasteiger partial charge in [0, 0.05) is 50.1 Å². The van der Waals surface area contributed by atoms with Crippen LogP contribution in [0, 0.1) is 5.92 Å². The van der Waals surface area contributed by atoms with Gasteiger partial charge in [0.25, 0.3) is 0 Å². The summed E-state index contributed by atoms with van der Waals surface area (Å²) in [7, 11) is 2.18. The minimum absolute atomic E-state index is 0.238. The van der Waals surface area contributed by atoms with Crippen LogP contribution in [-0.2, 0) is 6.42 Å². The summed E-state index contributed by atoms with van der Waals surface area (Å²) in [5, 5.41) is 12.8. The Balaban J connectivity index is 1.58. The molecule has 1 aliphatic carbocycles. The number of hydrogen-bond donors (Lipinski definition) is 1. The summed E-state index contributed by atoms with van der Waals surface area (Å²) >= 11 is 6.25. The first kappa shape index (κ1) is 21.6. The van der Waals surface area contributed by atoms with Gasteiger partial charge in [-0.15, -0.1) is 0 Å². The fourth-order valence-corrected chi connectivity index (χ4v) is 5.19. The highest BCUT2D eigenvalue weighted by molar-refractivity contribution is 6.30. The lowest BCUT2D eigenvalue weighted by Gasteiger charge is -2.41. The van der Waals surface area contributed by atoms with Crippen molar-refractivity contribution in [2.45, 2.75) is 37.7 Å². The first-order chi connectivity index (χ1) is 14.5. The summed E-state index contributed by atoms with van der Waals surface area (Å²) in [4.78, 5) is 4.92. The highest BCUT2D eigenvalue weighted by Crippen LogP contribution is 2.39. The number of hydrogen-bond acceptors (Lipinski definition) is 4. The maximum atomic E-state index is 12.1. The van der Waals surface area contributed by atoms with Crippen LogP contribution in [0.1, 0.15) is 37.0 Å². The van der Waals surface area contributed by atoms with E-state index in [4.69, 9.17) is 16.0 Å². The van der Waals surface area contributed by atoms with Crippen molar-refractivity contribution in [1.82, 2.24) is 9.80 Å². The fraction of sp³-hybridized carbons (Fsp3) is 0.520. The van der Waals surface area contributed by atoms with Crippen LogP contribution in [-0.4, -0.2) is 60.3 Å². The molecule has 0 amide bonds. The average Bonchev–Trinajstić information content (AvgIpc) is 3.16. The molecule has 1 aliphatic heterocycles. The minimum atomic E-state index is -0.789. The molecule has 0 radical (unpaired) electrons. The van der Waals surface area contributed by atoms with Gasteiger partial charge in [0.05, 0.1) is 11.9 Å². The van der Waals surface area contributed by atoms with Crippen LogP contribution in [0.5, 0.6) is 0 Å². The monoisotopic (exact) mass is 428 g/mol. The van der Waals surface area contributed by atoms with E-state index in [0.29, 0.717) is 12.8 Å². The Morgan fingerprint density at radius 3 is 2.77 bits per heavy atom. The molecule has 2 aromatic rings. The summed E-state index contributed by atoms with van der Waals surface area (Å²) < 4.78 is 5.55. The van der Waals surface area contributed by atoms with Crippen LogP contribution < -0.4 is 0 Å². The van der Waals surface area contributed by atoms with E-state index in [0.717, 1.165) is 68.3 Å². The molecule has 2 fully saturated rings. The molecule has 0 bridgehead atoms. The third kappa shape index (κ3) is 5.55. The second-order valence-corrected chi connectivity index (χ2v) is 9.53. The summed E-state index contributed by atoms with van der Waals surface area (Å²) in [6.07, 6.45) is 8.29. The lowest BCUT2D eigenvalue weighted by Crippen LogP contribution is -2.50. The molecule has 30 heavy (non-hydrogen) atoms. The predicted octanol–water partition coefficient (Wildman–Crippen LogP) is 4.73. The molecule has 1 saturated carbocycles. The quantitative estimate of drug-likeness (QED) is 0.699. The second-order valence-electron chi connectivity index (χ2n) is 9.10. The average molecular weight is 429 g/mol. The van der Waals surface area contributed by atoms with E-state index in [1.54, 1.807) is 6.26 Å². The zero-order valence-electron chi connectivity index (χ0n) is 17.9. The third-order valence-corrected chi connectivity index (χ3v) is 6.94. The van der Waals surface area contributed by atoms with Gasteiger partial charge in [-0.05, 0) is 68.6 Å². The molecule has 2 unspecified atom stereocenters. The van der Waals surface area contributed by atoms with Crippen molar-refractivity contribution in [3.8, 4) is 0 Å². The molecule has 1 aromatic heterocycles. The Labute approximate surface area is 185 Å². The Hall–Kier alpha value is -1.59. The van der Waals surface area contributed by atoms with Gasteiger partial charge in [0.15, 0.2) is 0 Å². The van der Waals surface area contributed by atoms with Crippen LogP contribution >= 0.6 is 11.6 Å². The number of aliphatic hydroxyl groups is 1. The topological polar surface area (TPSA) is 39.9 Å². The van der Waals surface area contributed by atoms with Crippen molar-refractivity contribution in [2.75, 3.05) is 39.8 Å². The van der Waals surface area contributed by atoms with Crippen molar-refractivity contribution >= 4 is 17.7 Å². The van der Waals surface area contributed by atoms with Crippen LogP contribution in [0.4, 0.5) is 0 Å². The van der Waals surface area contributed by atoms with Crippen molar-refractivity contribution in [3.05, 3.63) is 64.6 Å². The Bertz CT molecular complexity index is 843. The lowest BCUT2D eigenvalue weighted by molar-refractivity contribution is -0.0347. The summed E-state index contributed by atoms with van der Waals surface area (Å²) in [6, 6.07) is 11.8. The van der Waals surface area contributed by atoms with Gasteiger partial charge >= 0.3 is 0 Å². The third-order valence-electron chi connectivity index (χ3n) is 6.71. The van der Waals surface area contributed by atoms with E-state index in [1.165, 1.54) is 5.57 Å². The van der Waals surface area contributed by atoms with Gasteiger partial charge in [0.2, 0.25) is 0 Å². The van der Waals surface area contributed by atoms with Gasteiger partial charge in [-0.1, -0.05) is 29.3 Å². The van der Waals surface area contributed by atoms with Gasteiger partial charge in [-0.2, -0.15) is 0 Å². The van der Waals surface area contributed by atoms with Crippen molar-refractivity contribution in [1.29, 1.82) is 0 Å². The van der Waals surface area contributed by atoms with Crippen molar-refractivity contribution in [3.63, 3.8) is 0 Å². The molecule has 162 valence electrons. The molecule has 5 heteroatoms. The highest BCUT2D eigenvalue weighted by Gasteiger charge is 2.40. The van der Waals surface area contributed by atoms with Crippen LogP contribution in [0.25, 0.3) is 6.08 Å². The van der Waals surface area contributed by atoms with Crippen LogP contribution in [0.15, 0.2) is 52.7 Å². The van der Waals surface area contributed by atoms with Crippen LogP contribution in [0.3, 0.4) is 0 Å². The smallest absolute Gasteiger partial charge is 0.126 e. The van der Waals surface area contributed by atoms with E-state index in [9.17, 15) is 5.11 Å². The van der Waals surface area contributed by atoms with E-state index < -0.39 is 5.60 Å². The number of likely N-dealkylation sites (N-methyl/N-ethyl adjacent to an activating group) is 1. The second kappa shape index (κ2) is 9.69. The number of nitrogens with zero attached hydrogens (tertiary/aromatic N) is 2. The van der Waals surface area contributed by atoms with E-state index >= 15 is 0 Å². The van der Waals surface area contributed by atoms with Gasteiger partial charge in [0.1, 0.15) is 5.76 Å². The molecule has 2 heterocycles. The molecule has 4 nitrogen and oxygen atoms in total. The van der Waals surface area contributed by atoms with Crippen LogP contribution in [0.2, 0.25) is 5.02 Å². The largest absolute Gasteiger partial charge is 0.465 e. The van der Waals surface area contributed by atoms with E-state index in [-0.39, 0.29) is 5.92 Å². The summed E-state index contributed by atoms with van der Waals surface area (Å²) in [5.74, 6) is 1.11. The highest BCUT2D eigenvalue weighted by atomic mass is 35.5. The Morgan fingerprint density at radius 1 is 1.20 bits per heavy atom. The molecular formula is C25H33ClN2O2. The minimum Gasteiger partial charge on any atom is -0.465 e. The number of halogens is 1. The Morgan fingerprint density at radius 2 is 2.03 bits per heavy atom.